The molecule has 0 saturated heterocycles. The molecule has 1 fully saturated rings. The van der Waals surface area contributed by atoms with Crippen LogP contribution in [0, 0.1) is 10.8 Å². The van der Waals surface area contributed by atoms with Crippen molar-refractivity contribution in [2.45, 2.75) is 44.7 Å². The molecule has 0 bridgehead atoms. The zero-order valence-corrected chi connectivity index (χ0v) is 25.4. The zero-order chi connectivity index (χ0) is 31.0. The normalized spacial score (nSPS) is 18.4. The molecule has 1 aliphatic heterocycles. The summed E-state index contributed by atoms with van der Waals surface area (Å²) in [6.45, 7) is 6.29. The number of anilines is 1. The first kappa shape index (κ1) is 28.6. The van der Waals surface area contributed by atoms with Gasteiger partial charge in [-0.3, -0.25) is 4.57 Å². The number of nitrogens with two attached hydrogens (primary N) is 1. The molecule has 2 aliphatic carbocycles. The van der Waals surface area contributed by atoms with Crippen LogP contribution < -0.4 is 11.1 Å². The molecular weight excluding hydrogens is 556 g/mol. The van der Waals surface area contributed by atoms with Gasteiger partial charge in [0.25, 0.3) is 0 Å². The third-order valence-corrected chi connectivity index (χ3v) is 9.32. The number of nitroso groups, excluding NO2 is 1. The first-order chi connectivity index (χ1) is 22.0. The summed E-state index contributed by atoms with van der Waals surface area (Å²) in [6.07, 6.45) is 18.9. The number of hydrogen-bond acceptors (Lipinski definition) is 6. The topological polar surface area (TPSA) is 98.2 Å². The number of pyridine rings is 1. The Bertz CT molecular complexity index is 1900. The van der Waals surface area contributed by atoms with Crippen LogP contribution in [0.3, 0.4) is 0 Å². The average molecular weight is 593 g/mol. The molecule has 2 aromatic carbocycles. The predicted molar refractivity (Wildman–Crippen MR) is 183 cm³/mol. The monoisotopic (exact) mass is 592 g/mol. The number of hydrogen-bond donors (Lipinski definition) is 2. The van der Waals surface area contributed by atoms with E-state index in [9.17, 15) is 4.91 Å². The first-order valence-electron chi connectivity index (χ1n) is 15.5. The molecule has 3 N–H and O–H groups in total. The lowest BCUT2D eigenvalue weighted by Gasteiger charge is -2.44. The molecule has 4 aromatic rings. The third-order valence-electron chi connectivity index (χ3n) is 9.32. The summed E-state index contributed by atoms with van der Waals surface area (Å²) in [5.74, 6) is 1.90. The molecule has 1 saturated carbocycles. The second-order valence-corrected chi connectivity index (χ2v) is 12.0. The van der Waals surface area contributed by atoms with E-state index < -0.39 is 0 Å². The fourth-order valence-corrected chi connectivity index (χ4v) is 6.66. The molecule has 3 aliphatic rings. The van der Waals surface area contributed by atoms with Crippen molar-refractivity contribution in [3.05, 3.63) is 138 Å². The molecule has 0 radical (unpaired) electrons. The lowest BCUT2D eigenvalue weighted by molar-refractivity contribution is 0.183. The molecule has 0 spiro atoms. The number of nitrogens with zero attached hydrogens (tertiary/aromatic N) is 4. The van der Waals surface area contributed by atoms with Gasteiger partial charge < -0.3 is 11.1 Å². The van der Waals surface area contributed by atoms with E-state index in [0.29, 0.717) is 5.92 Å². The van der Waals surface area contributed by atoms with E-state index in [1.807, 2.05) is 49.4 Å². The quantitative estimate of drug-likeness (QED) is 0.200. The molecule has 1 unspecified atom stereocenters. The van der Waals surface area contributed by atoms with E-state index in [1.54, 1.807) is 6.20 Å². The van der Waals surface area contributed by atoms with Gasteiger partial charge in [0, 0.05) is 22.9 Å². The highest BCUT2D eigenvalue weighted by molar-refractivity contribution is 5.90. The average Bonchev–Trinajstić information content (AvgIpc) is 3.40. The molecule has 2 aromatic heterocycles. The van der Waals surface area contributed by atoms with Crippen LogP contribution in [-0.2, 0) is 6.54 Å². The van der Waals surface area contributed by atoms with Gasteiger partial charge in [-0.25, -0.2) is 9.97 Å². The molecule has 1 atom stereocenters. The standard InChI is InChI=1S/C38H36N6O/c1-3-7-31-32(4-2)42-36-33(8-5-23-40-36)44-35(29-17-19-30(20-18-29)38(39)21-6-22-38)34(43-37(31)44)28-15-13-27(14-16-28)26-11-9-25(10-12-26)24-41-45/h3-5,7-19,23,30H,2,6,20-22,24,39H2,1H3,(H,40,42)/b7-3-. The fraction of sp³-hybridized carbons (Fsp3) is 0.211. The maximum atomic E-state index is 10.7. The van der Waals surface area contributed by atoms with Gasteiger partial charge in [-0.15, -0.1) is 0 Å². The van der Waals surface area contributed by atoms with Gasteiger partial charge in [-0.1, -0.05) is 90.7 Å². The number of rotatable bonds is 8. The summed E-state index contributed by atoms with van der Waals surface area (Å²) in [6, 6.07) is 20.5. The summed E-state index contributed by atoms with van der Waals surface area (Å²) < 4.78 is 2.24. The van der Waals surface area contributed by atoms with Crippen molar-refractivity contribution in [3.8, 4) is 28.1 Å². The van der Waals surface area contributed by atoms with Crippen LogP contribution in [0.15, 0.2) is 121 Å². The number of imidazole rings is 1. The minimum Gasteiger partial charge on any atom is -0.338 e. The Balaban J connectivity index is 1.40. The second kappa shape index (κ2) is 11.7. The van der Waals surface area contributed by atoms with Crippen LogP contribution in [0.4, 0.5) is 5.82 Å². The highest BCUT2D eigenvalue weighted by Crippen LogP contribution is 2.44. The Morgan fingerprint density at radius 3 is 2.44 bits per heavy atom. The first-order valence-corrected chi connectivity index (χ1v) is 15.5. The van der Waals surface area contributed by atoms with Gasteiger partial charge in [-0.2, -0.15) is 4.91 Å². The molecule has 3 heterocycles. The van der Waals surface area contributed by atoms with E-state index in [0.717, 1.165) is 87.1 Å². The summed E-state index contributed by atoms with van der Waals surface area (Å²) in [5.41, 5.74) is 16.5. The van der Waals surface area contributed by atoms with Crippen LogP contribution in [-0.4, -0.2) is 20.1 Å². The van der Waals surface area contributed by atoms with E-state index in [1.165, 1.54) is 6.42 Å². The van der Waals surface area contributed by atoms with Crippen molar-refractivity contribution in [1.29, 1.82) is 0 Å². The Morgan fingerprint density at radius 1 is 1.09 bits per heavy atom. The van der Waals surface area contributed by atoms with Gasteiger partial charge in [0.1, 0.15) is 12.4 Å². The largest absolute Gasteiger partial charge is 0.338 e. The molecular formula is C38H36N6O. The zero-order valence-electron chi connectivity index (χ0n) is 25.4. The van der Waals surface area contributed by atoms with Crippen molar-refractivity contribution in [3.63, 3.8) is 0 Å². The van der Waals surface area contributed by atoms with Crippen molar-refractivity contribution in [2.75, 3.05) is 5.32 Å². The lowest BCUT2D eigenvalue weighted by atomic mass is 9.66. The Kier molecular flexibility index (Phi) is 7.47. The maximum Gasteiger partial charge on any atom is 0.154 e. The highest BCUT2D eigenvalue weighted by Gasteiger charge is 2.39. The predicted octanol–water partition coefficient (Wildman–Crippen LogP) is 8.61. The number of benzene rings is 2. The Morgan fingerprint density at radius 2 is 1.82 bits per heavy atom. The van der Waals surface area contributed by atoms with Gasteiger partial charge >= 0.3 is 0 Å². The van der Waals surface area contributed by atoms with Gasteiger partial charge in [0.05, 0.1) is 22.8 Å². The molecule has 0 amide bonds. The van der Waals surface area contributed by atoms with Crippen LogP contribution >= 0.6 is 0 Å². The van der Waals surface area contributed by atoms with E-state index in [4.69, 9.17) is 15.7 Å². The third kappa shape index (κ3) is 5.09. The van der Waals surface area contributed by atoms with Crippen molar-refractivity contribution >= 4 is 17.0 Å². The number of allylic oxidation sites excluding steroid dienone is 7. The number of aromatic nitrogens is 3. The minimum absolute atomic E-state index is 0.103. The van der Waals surface area contributed by atoms with Gasteiger partial charge in [-0.05, 0) is 79.0 Å². The number of fused-ring (bicyclic) bond motifs is 3. The number of nitrogens with one attached hydrogen (secondary N) is 1. The SMILES string of the molecule is C=CC1=C(/C=C\C)c2nc(-c3ccc(-c4ccc(CN=O)cc4)cc3)c(C3=CCC(C4(N)CCC4)C=C3)n2-c2cccnc2N1. The van der Waals surface area contributed by atoms with Crippen LogP contribution in [0.1, 0.15) is 49.7 Å². The Labute approximate surface area is 263 Å². The molecule has 224 valence electrons. The van der Waals surface area contributed by atoms with Crippen LogP contribution in [0.2, 0.25) is 0 Å². The molecule has 45 heavy (non-hydrogen) atoms. The summed E-state index contributed by atoms with van der Waals surface area (Å²) >= 11 is 0. The molecule has 7 rings (SSSR count). The van der Waals surface area contributed by atoms with Crippen molar-refractivity contribution in [2.24, 2.45) is 16.8 Å². The van der Waals surface area contributed by atoms with Gasteiger partial charge in [0.2, 0.25) is 0 Å². The second-order valence-electron chi connectivity index (χ2n) is 12.0. The molecule has 7 heteroatoms. The maximum absolute atomic E-state index is 10.7. The van der Waals surface area contributed by atoms with Gasteiger partial charge in [0.15, 0.2) is 5.82 Å². The smallest absolute Gasteiger partial charge is 0.154 e. The lowest BCUT2D eigenvalue weighted by Crippen LogP contribution is -2.52. The summed E-state index contributed by atoms with van der Waals surface area (Å²) in [5, 5.41) is 6.51. The van der Waals surface area contributed by atoms with E-state index in [-0.39, 0.29) is 12.1 Å². The fourth-order valence-electron chi connectivity index (χ4n) is 6.66. The van der Waals surface area contributed by atoms with E-state index in [2.05, 4.69) is 76.3 Å². The van der Waals surface area contributed by atoms with Crippen molar-refractivity contribution < 1.29 is 0 Å². The summed E-state index contributed by atoms with van der Waals surface area (Å²) in [4.78, 5) is 20.8. The molecule has 7 nitrogen and oxygen atoms in total. The highest BCUT2D eigenvalue weighted by atomic mass is 16.3. The Hall–Kier alpha value is -5.14. The van der Waals surface area contributed by atoms with Crippen molar-refractivity contribution in [1.82, 2.24) is 14.5 Å². The summed E-state index contributed by atoms with van der Waals surface area (Å²) in [7, 11) is 0. The van der Waals surface area contributed by atoms with Crippen LogP contribution in [0.25, 0.3) is 39.2 Å². The minimum atomic E-state index is -0.103. The van der Waals surface area contributed by atoms with E-state index >= 15 is 0 Å². The van der Waals surface area contributed by atoms with Crippen LogP contribution in [0.5, 0.6) is 0 Å².